The first kappa shape index (κ1) is 16.7. The summed E-state index contributed by atoms with van der Waals surface area (Å²) in [6.07, 6.45) is 5.23. The summed E-state index contributed by atoms with van der Waals surface area (Å²) in [7, 11) is -1.86. The van der Waals surface area contributed by atoms with E-state index in [-0.39, 0.29) is 17.5 Å². The monoisotopic (exact) mass is 330 g/mol. The van der Waals surface area contributed by atoms with Gasteiger partial charge in [-0.3, -0.25) is 0 Å². The molecule has 21 heavy (non-hydrogen) atoms. The summed E-state index contributed by atoms with van der Waals surface area (Å²) in [5, 5.41) is 0.414. The molecule has 0 unspecified atom stereocenters. The summed E-state index contributed by atoms with van der Waals surface area (Å²) >= 11 is 6.06. The van der Waals surface area contributed by atoms with Crippen molar-refractivity contribution in [3.8, 4) is 0 Å². The molecule has 0 radical (unpaired) electrons. The van der Waals surface area contributed by atoms with E-state index < -0.39 is 10.0 Å². The minimum atomic E-state index is -3.53. The summed E-state index contributed by atoms with van der Waals surface area (Å²) in [4.78, 5) is 0.281. The average molecular weight is 331 g/mol. The van der Waals surface area contributed by atoms with E-state index in [1.54, 1.807) is 20.0 Å². The number of halogens is 1. The summed E-state index contributed by atoms with van der Waals surface area (Å²) in [6.45, 7) is 2.07. The molecule has 0 atom stereocenters. The van der Waals surface area contributed by atoms with Gasteiger partial charge in [-0.2, -0.15) is 4.31 Å². The molecule has 1 aromatic carbocycles. The van der Waals surface area contributed by atoms with Crippen LogP contribution in [-0.4, -0.2) is 25.8 Å². The normalized spacial score (nSPS) is 17.4. The molecule has 0 spiro atoms. The van der Waals surface area contributed by atoms with Gasteiger partial charge in [0.25, 0.3) is 0 Å². The SMILES string of the molecule is Cc1c(CN)cc(Cl)cc1S(=O)(=O)N(C)C1CCCCC1. The van der Waals surface area contributed by atoms with Gasteiger partial charge < -0.3 is 5.73 Å². The molecule has 0 bridgehead atoms. The van der Waals surface area contributed by atoms with Crippen LogP contribution in [-0.2, 0) is 16.6 Å². The lowest BCUT2D eigenvalue weighted by molar-refractivity contribution is 0.285. The molecule has 0 aliphatic heterocycles. The summed E-state index contributed by atoms with van der Waals surface area (Å²) in [5.41, 5.74) is 7.16. The third-order valence-corrected chi connectivity index (χ3v) is 6.65. The van der Waals surface area contributed by atoms with Crippen molar-refractivity contribution >= 4 is 21.6 Å². The number of rotatable bonds is 4. The summed E-state index contributed by atoms with van der Waals surface area (Å²) in [6, 6.07) is 3.35. The van der Waals surface area contributed by atoms with Gasteiger partial charge >= 0.3 is 0 Å². The third-order valence-electron chi connectivity index (χ3n) is 4.40. The van der Waals surface area contributed by atoms with Crippen molar-refractivity contribution in [2.45, 2.75) is 56.5 Å². The molecule has 1 saturated carbocycles. The molecule has 1 aliphatic carbocycles. The van der Waals surface area contributed by atoms with Crippen molar-refractivity contribution in [2.24, 2.45) is 5.73 Å². The quantitative estimate of drug-likeness (QED) is 0.922. The second-order valence-electron chi connectivity index (χ2n) is 5.71. The van der Waals surface area contributed by atoms with E-state index in [2.05, 4.69) is 0 Å². The minimum Gasteiger partial charge on any atom is -0.326 e. The van der Waals surface area contributed by atoms with E-state index in [9.17, 15) is 8.42 Å². The first-order valence-corrected chi connectivity index (χ1v) is 9.17. The van der Waals surface area contributed by atoms with E-state index in [1.165, 1.54) is 16.8 Å². The van der Waals surface area contributed by atoms with Crippen LogP contribution in [0.2, 0.25) is 5.02 Å². The van der Waals surface area contributed by atoms with Crippen molar-refractivity contribution in [2.75, 3.05) is 7.05 Å². The van der Waals surface area contributed by atoms with E-state index >= 15 is 0 Å². The van der Waals surface area contributed by atoms with Gasteiger partial charge in [0.1, 0.15) is 0 Å². The van der Waals surface area contributed by atoms with Crippen molar-refractivity contribution in [3.63, 3.8) is 0 Å². The maximum atomic E-state index is 12.9. The van der Waals surface area contributed by atoms with E-state index in [1.807, 2.05) is 0 Å². The molecule has 2 rings (SSSR count). The van der Waals surface area contributed by atoms with Crippen LogP contribution in [0.4, 0.5) is 0 Å². The Balaban J connectivity index is 2.41. The topological polar surface area (TPSA) is 63.4 Å². The lowest BCUT2D eigenvalue weighted by Crippen LogP contribution is -2.38. The van der Waals surface area contributed by atoms with Gasteiger partial charge in [0, 0.05) is 24.7 Å². The van der Waals surface area contributed by atoms with Gasteiger partial charge in [0.05, 0.1) is 4.90 Å². The lowest BCUT2D eigenvalue weighted by Gasteiger charge is -2.31. The Kier molecular flexibility index (Phi) is 5.30. The molecule has 0 heterocycles. The number of hydrogen-bond acceptors (Lipinski definition) is 3. The molecular weight excluding hydrogens is 308 g/mol. The lowest BCUT2D eigenvalue weighted by atomic mass is 9.96. The Morgan fingerprint density at radius 2 is 1.90 bits per heavy atom. The third kappa shape index (κ3) is 3.42. The van der Waals surface area contributed by atoms with Crippen LogP contribution in [0.3, 0.4) is 0 Å². The highest BCUT2D eigenvalue weighted by Gasteiger charge is 2.30. The highest BCUT2D eigenvalue weighted by molar-refractivity contribution is 7.89. The molecule has 0 saturated heterocycles. The van der Waals surface area contributed by atoms with Gasteiger partial charge in [-0.1, -0.05) is 30.9 Å². The van der Waals surface area contributed by atoms with Crippen LogP contribution in [0.15, 0.2) is 17.0 Å². The van der Waals surface area contributed by atoms with E-state index in [0.717, 1.165) is 31.2 Å². The fourth-order valence-corrected chi connectivity index (χ4v) is 5.00. The number of nitrogens with zero attached hydrogens (tertiary/aromatic N) is 1. The molecule has 6 heteroatoms. The first-order valence-electron chi connectivity index (χ1n) is 7.35. The molecule has 4 nitrogen and oxygen atoms in total. The van der Waals surface area contributed by atoms with E-state index in [0.29, 0.717) is 10.6 Å². The Morgan fingerprint density at radius 1 is 1.29 bits per heavy atom. The highest BCUT2D eigenvalue weighted by atomic mass is 35.5. The molecule has 1 aromatic rings. The zero-order chi connectivity index (χ0) is 15.6. The number of sulfonamides is 1. The second kappa shape index (κ2) is 6.65. The fourth-order valence-electron chi connectivity index (χ4n) is 2.98. The molecule has 2 N–H and O–H groups in total. The van der Waals surface area contributed by atoms with Crippen molar-refractivity contribution in [3.05, 3.63) is 28.3 Å². The Bertz CT molecular complexity index is 610. The number of benzene rings is 1. The second-order valence-corrected chi connectivity index (χ2v) is 8.11. The molecule has 0 amide bonds. The Labute approximate surface area is 132 Å². The maximum Gasteiger partial charge on any atom is 0.243 e. The Hall–Kier alpha value is -0.620. The molecule has 0 aromatic heterocycles. The van der Waals surface area contributed by atoms with Gasteiger partial charge in [0.2, 0.25) is 10.0 Å². The van der Waals surface area contributed by atoms with Crippen LogP contribution in [0.5, 0.6) is 0 Å². The summed E-state index contributed by atoms with van der Waals surface area (Å²) < 4.78 is 27.3. The number of hydrogen-bond donors (Lipinski definition) is 1. The number of nitrogens with two attached hydrogens (primary N) is 1. The van der Waals surface area contributed by atoms with Crippen LogP contribution in [0.1, 0.15) is 43.2 Å². The highest BCUT2D eigenvalue weighted by Crippen LogP contribution is 2.30. The fraction of sp³-hybridized carbons (Fsp3) is 0.600. The van der Waals surface area contributed by atoms with Gasteiger partial charge in [-0.05, 0) is 43.0 Å². The molecular formula is C15H23ClN2O2S. The zero-order valence-electron chi connectivity index (χ0n) is 12.6. The Morgan fingerprint density at radius 3 is 2.48 bits per heavy atom. The predicted molar refractivity (Wildman–Crippen MR) is 85.9 cm³/mol. The maximum absolute atomic E-state index is 12.9. The minimum absolute atomic E-state index is 0.0865. The zero-order valence-corrected chi connectivity index (χ0v) is 14.2. The summed E-state index contributed by atoms with van der Waals surface area (Å²) in [5.74, 6) is 0. The van der Waals surface area contributed by atoms with E-state index in [4.69, 9.17) is 17.3 Å². The van der Waals surface area contributed by atoms with Crippen molar-refractivity contribution in [1.82, 2.24) is 4.31 Å². The first-order chi connectivity index (χ1) is 9.87. The van der Waals surface area contributed by atoms with Crippen LogP contribution < -0.4 is 5.73 Å². The molecule has 1 aliphatic rings. The van der Waals surface area contributed by atoms with Crippen LogP contribution >= 0.6 is 11.6 Å². The smallest absolute Gasteiger partial charge is 0.243 e. The largest absolute Gasteiger partial charge is 0.326 e. The average Bonchev–Trinajstić information content (AvgIpc) is 2.49. The standard InChI is InChI=1S/C15H23ClN2O2S/c1-11-12(10-17)8-13(16)9-15(11)21(19,20)18(2)14-6-4-3-5-7-14/h8-9,14H,3-7,10,17H2,1-2H3. The molecule has 1 fully saturated rings. The van der Waals surface area contributed by atoms with Gasteiger partial charge in [0.15, 0.2) is 0 Å². The predicted octanol–water partition coefficient (Wildman–Crippen LogP) is 3.06. The molecule has 118 valence electrons. The van der Waals surface area contributed by atoms with Crippen molar-refractivity contribution in [1.29, 1.82) is 0 Å². The van der Waals surface area contributed by atoms with Gasteiger partial charge in [-0.25, -0.2) is 8.42 Å². The van der Waals surface area contributed by atoms with Gasteiger partial charge in [-0.15, -0.1) is 0 Å². The van der Waals surface area contributed by atoms with Crippen molar-refractivity contribution < 1.29 is 8.42 Å². The van der Waals surface area contributed by atoms with Crippen LogP contribution in [0.25, 0.3) is 0 Å². The van der Waals surface area contributed by atoms with Crippen LogP contribution in [0, 0.1) is 6.92 Å².